The maximum atomic E-state index is 12.5. The SMILES string of the molecule is O=C(NCCCCCl)[N+]1(CCCCOc2ccccc2)C=CN=C1. The minimum Gasteiger partial charge on any atom is -0.494 e. The monoisotopic (exact) mass is 350 g/mol. The van der Waals surface area contributed by atoms with Crippen molar-refractivity contribution in [1.82, 2.24) is 5.32 Å². The zero-order chi connectivity index (χ0) is 17.1. The van der Waals surface area contributed by atoms with E-state index in [-0.39, 0.29) is 10.5 Å². The van der Waals surface area contributed by atoms with Crippen LogP contribution in [0.25, 0.3) is 0 Å². The lowest BCUT2D eigenvalue weighted by Gasteiger charge is -2.24. The van der Waals surface area contributed by atoms with Crippen molar-refractivity contribution < 1.29 is 14.0 Å². The summed E-state index contributed by atoms with van der Waals surface area (Å²) in [6.45, 7) is 1.96. The first kappa shape index (κ1) is 18.5. The molecule has 6 heteroatoms. The quantitative estimate of drug-likeness (QED) is 0.395. The van der Waals surface area contributed by atoms with Gasteiger partial charge in [0.2, 0.25) is 6.34 Å². The fourth-order valence-corrected chi connectivity index (χ4v) is 2.64. The number of unbranched alkanes of at least 4 members (excludes halogenated alkanes) is 2. The molecule has 5 nitrogen and oxygen atoms in total. The number of benzene rings is 1. The van der Waals surface area contributed by atoms with Gasteiger partial charge in [-0.3, -0.25) is 0 Å². The molecule has 1 N–H and O–H groups in total. The smallest absolute Gasteiger partial charge is 0.427 e. The Labute approximate surface area is 148 Å². The van der Waals surface area contributed by atoms with Crippen molar-refractivity contribution in [3.63, 3.8) is 0 Å². The summed E-state index contributed by atoms with van der Waals surface area (Å²) < 4.78 is 5.82. The molecule has 130 valence electrons. The third-order valence-corrected chi connectivity index (χ3v) is 4.11. The molecule has 1 aromatic rings. The Kier molecular flexibility index (Phi) is 7.79. The Morgan fingerprint density at radius 3 is 2.71 bits per heavy atom. The Balaban J connectivity index is 1.71. The van der Waals surface area contributed by atoms with Crippen LogP contribution < -0.4 is 10.1 Å². The largest absolute Gasteiger partial charge is 0.494 e. The van der Waals surface area contributed by atoms with Gasteiger partial charge in [0.25, 0.3) is 0 Å². The fourth-order valence-electron chi connectivity index (χ4n) is 2.45. The van der Waals surface area contributed by atoms with E-state index in [0.29, 0.717) is 25.6 Å². The number of nitrogens with zero attached hydrogens (tertiary/aromatic N) is 2. The van der Waals surface area contributed by atoms with Crippen molar-refractivity contribution >= 4 is 24.0 Å². The average Bonchev–Trinajstić information content (AvgIpc) is 3.09. The molecular weight excluding hydrogens is 326 g/mol. The van der Waals surface area contributed by atoms with Gasteiger partial charge >= 0.3 is 6.03 Å². The lowest BCUT2D eigenvalue weighted by molar-refractivity contribution is -0.691. The number of quaternary nitrogens is 1. The van der Waals surface area contributed by atoms with Crippen LogP contribution in [-0.2, 0) is 0 Å². The van der Waals surface area contributed by atoms with E-state index < -0.39 is 0 Å². The minimum atomic E-state index is -0.0361. The van der Waals surface area contributed by atoms with Crippen LogP contribution in [0, 0.1) is 0 Å². The summed E-state index contributed by atoms with van der Waals surface area (Å²) >= 11 is 5.65. The van der Waals surface area contributed by atoms with E-state index in [9.17, 15) is 4.79 Å². The Hall–Kier alpha value is -1.85. The lowest BCUT2D eigenvalue weighted by atomic mass is 10.2. The zero-order valence-corrected chi connectivity index (χ0v) is 14.6. The van der Waals surface area contributed by atoms with Gasteiger partial charge in [0.1, 0.15) is 11.9 Å². The number of hydrogen-bond acceptors (Lipinski definition) is 3. The highest BCUT2D eigenvalue weighted by Crippen LogP contribution is 2.15. The highest BCUT2D eigenvalue weighted by Gasteiger charge is 2.35. The number of aliphatic imine (C=N–C) groups is 1. The van der Waals surface area contributed by atoms with Gasteiger partial charge in [-0.15, -0.1) is 11.6 Å². The molecule has 1 aliphatic heterocycles. The molecule has 0 radical (unpaired) electrons. The second-order valence-electron chi connectivity index (χ2n) is 5.71. The predicted octanol–water partition coefficient (Wildman–Crippen LogP) is 3.90. The predicted molar refractivity (Wildman–Crippen MR) is 97.3 cm³/mol. The summed E-state index contributed by atoms with van der Waals surface area (Å²) in [5, 5.41) is 2.97. The third-order valence-electron chi connectivity index (χ3n) is 3.84. The second-order valence-corrected chi connectivity index (χ2v) is 6.09. The molecule has 1 atom stereocenters. The number of para-hydroxylation sites is 1. The number of urea groups is 1. The van der Waals surface area contributed by atoms with Gasteiger partial charge in [0.15, 0.2) is 0 Å². The van der Waals surface area contributed by atoms with Crippen molar-refractivity contribution in [2.45, 2.75) is 25.7 Å². The number of nitrogens with one attached hydrogen (secondary N) is 1. The number of rotatable bonds is 10. The van der Waals surface area contributed by atoms with E-state index in [0.717, 1.165) is 31.4 Å². The molecule has 0 aromatic heterocycles. The number of carbonyl (C=O) groups is 1. The van der Waals surface area contributed by atoms with Gasteiger partial charge in [-0.2, -0.15) is 4.48 Å². The Morgan fingerprint density at radius 1 is 1.17 bits per heavy atom. The normalized spacial score (nSPS) is 18.7. The van der Waals surface area contributed by atoms with Crippen LogP contribution >= 0.6 is 11.6 Å². The fraction of sp³-hybridized carbons (Fsp3) is 0.444. The summed E-state index contributed by atoms with van der Waals surface area (Å²) in [7, 11) is 0. The molecule has 0 bridgehead atoms. The molecule has 0 spiro atoms. The maximum Gasteiger partial charge on any atom is 0.427 e. The molecule has 1 unspecified atom stereocenters. The van der Waals surface area contributed by atoms with Crippen molar-refractivity contribution in [3.8, 4) is 5.75 Å². The van der Waals surface area contributed by atoms with Crippen LogP contribution in [0.2, 0.25) is 0 Å². The zero-order valence-electron chi connectivity index (χ0n) is 13.9. The topological polar surface area (TPSA) is 50.7 Å². The number of carbonyl (C=O) groups excluding carboxylic acids is 1. The summed E-state index contributed by atoms with van der Waals surface area (Å²) in [6, 6.07) is 9.72. The van der Waals surface area contributed by atoms with Crippen molar-refractivity contribution in [2.75, 3.05) is 25.6 Å². The van der Waals surface area contributed by atoms with Crippen LogP contribution in [0.1, 0.15) is 25.7 Å². The first-order chi connectivity index (χ1) is 11.8. The van der Waals surface area contributed by atoms with Crippen LogP contribution in [0.3, 0.4) is 0 Å². The van der Waals surface area contributed by atoms with Crippen molar-refractivity contribution in [3.05, 3.63) is 42.7 Å². The summed E-state index contributed by atoms with van der Waals surface area (Å²) in [4.78, 5) is 16.6. The lowest BCUT2D eigenvalue weighted by Crippen LogP contribution is -2.52. The van der Waals surface area contributed by atoms with Crippen LogP contribution in [0.4, 0.5) is 4.79 Å². The van der Waals surface area contributed by atoms with E-state index >= 15 is 0 Å². The molecule has 2 rings (SSSR count). The van der Waals surface area contributed by atoms with Gasteiger partial charge in [0, 0.05) is 18.8 Å². The number of halogens is 1. The molecule has 0 saturated carbocycles. The summed E-state index contributed by atoms with van der Waals surface area (Å²) in [5.41, 5.74) is 0. The molecule has 24 heavy (non-hydrogen) atoms. The molecule has 0 saturated heterocycles. The molecular formula is C18H25ClN3O2+. The number of hydrogen-bond donors (Lipinski definition) is 1. The standard InChI is InChI=1S/C18H24ClN3O2/c19-10-4-5-11-21-18(23)22(14-12-20-16-22)13-6-7-15-24-17-8-2-1-3-9-17/h1-3,8-9,12,14,16H,4-7,10-11,13,15H2/p+1. The Morgan fingerprint density at radius 2 is 2.00 bits per heavy atom. The van der Waals surface area contributed by atoms with Gasteiger partial charge in [-0.05, 0) is 31.4 Å². The van der Waals surface area contributed by atoms with E-state index in [1.165, 1.54) is 0 Å². The van der Waals surface area contributed by atoms with Gasteiger partial charge < -0.3 is 10.1 Å². The Bertz CT molecular complexity index is 549. The highest BCUT2D eigenvalue weighted by molar-refractivity contribution is 6.17. The van der Waals surface area contributed by atoms with Crippen LogP contribution in [0.15, 0.2) is 47.7 Å². The van der Waals surface area contributed by atoms with Gasteiger partial charge in [0.05, 0.1) is 19.4 Å². The average molecular weight is 351 g/mol. The molecule has 2 amide bonds. The molecule has 1 aliphatic rings. The van der Waals surface area contributed by atoms with Crippen LogP contribution in [-0.4, -0.2) is 42.4 Å². The highest BCUT2D eigenvalue weighted by atomic mass is 35.5. The second kappa shape index (κ2) is 10.1. The van der Waals surface area contributed by atoms with Crippen molar-refractivity contribution in [1.29, 1.82) is 0 Å². The number of alkyl halides is 1. The summed E-state index contributed by atoms with van der Waals surface area (Å²) in [6.07, 6.45) is 8.75. The first-order valence-electron chi connectivity index (χ1n) is 8.38. The van der Waals surface area contributed by atoms with Gasteiger partial charge in [-0.1, -0.05) is 18.2 Å². The van der Waals surface area contributed by atoms with E-state index in [4.69, 9.17) is 16.3 Å². The maximum absolute atomic E-state index is 12.5. The van der Waals surface area contributed by atoms with Crippen LogP contribution in [0.5, 0.6) is 5.75 Å². The van der Waals surface area contributed by atoms with Crippen molar-refractivity contribution in [2.24, 2.45) is 4.99 Å². The van der Waals surface area contributed by atoms with Gasteiger partial charge in [-0.25, -0.2) is 9.79 Å². The molecule has 1 heterocycles. The molecule has 0 fully saturated rings. The number of ether oxygens (including phenoxy) is 1. The first-order valence-corrected chi connectivity index (χ1v) is 8.92. The molecule has 0 aliphatic carbocycles. The summed E-state index contributed by atoms with van der Waals surface area (Å²) in [5.74, 6) is 1.50. The minimum absolute atomic E-state index is 0.0361. The van der Waals surface area contributed by atoms with E-state index in [2.05, 4.69) is 10.3 Å². The molecule has 1 aromatic carbocycles. The number of amides is 2. The van der Waals surface area contributed by atoms with E-state index in [1.807, 2.05) is 36.5 Å². The van der Waals surface area contributed by atoms with E-state index in [1.54, 1.807) is 12.5 Å². The third kappa shape index (κ3) is 5.65.